The highest BCUT2D eigenvalue weighted by Gasteiger charge is 2.46. The summed E-state index contributed by atoms with van der Waals surface area (Å²) in [5.41, 5.74) is 19.4. The molecular formula is C28H32N6O4. The highest BCUT2D eigenvalue weighted by Crippen LogP contribution is 2.43. The number of rotatable bonds is 8. The summed E-state index contributed by atoms with van der Waals surface area (Å²) < 4.78 is 0. The lowest BCUT2D eigenvalue weighted by molar-refractivity contribution is -0.130. The number of primary amides is 3. The van der Waals surface area contributed by atoms with E-state index in [0.717, 1.165) is 17.5 Å². The van der Waals surface area contributed by atoms with E-state index in [-0.39, 0.29) is 24.9 Å². The van der Waals surface area contributed by atoms with Crippen LogP contribution in [0.15, 0.2) is 36.4 Å². The van der Waals surface area contributed by atoms with Gasteiger partial charge >= 0.3 is 0 Å². The molecule has 2 aliphatic rings. The van der Waals surface area contributed by atoms with Crippen LogP contribution in [0.25, 0.3) is 0 Å². The Kier molecular flexibility index (Phi) is 7.51. The number of nitrogens with one attached hydrogen (secondary N) is 1. The Labute approximate surface area is 221 Å². The highest BCUT2D eigenvalue weighted by molar-refractivity contribution is 5.96. The second kappa shape index (κ2) is 10.6. The molecule has 10 nitrogen and oxygen atoms in total. The quantitative estimate of drug-likeness (QED) is 0.399. The largest absolute Gasteiger partial charge is 0.369 e. The fraction of sp³-hybridized carbons (Fsp3) is 0.393. The smallest absolute Gasteiger partial charge is 0.248 e. The van der Waals surface area contributed by atoms with Crippen LogP contribution < -0.4 is 22.5 Å². The van der Waals surface area contributed by atoms with E-state index in [0.29, 0.717) is 48.1 Å². The number of carbonyl (C=O) groups excluding carboxylic acids is 4. The van der Waals surface area contributed by atoms with Crippen molar-refractivity contribution in [1.82, 2.24) is 10.2 Å². The Morgan fingerprint density at radius 1 is 1.03 bits per heavy atom. The number of nitrogens with zero attached hydrogens (tertiary/aromatic N) is 2. The molecule has 0 spiro atoms. The van der Waals surface area contributed by atoms with E-state index in [1.807, 2.05) is 6.92 Å². The number of fused-ring (bicyclic) bond motifs is 2. The third-order valence-electron chi connectivity index (χ3n) is 7.72. The molecule has 1 saturated heterocycles. The van der Waals surface area contributed by atoms with E-state index in [1.165, 1.54) is 0 Å². The molecule has 2 aromatic rings. The van der Waals surface area contributed by atoms with Crippen molar-refractivity contribution in [2.75, 3.05) is 13.1 Å². The maximum absolute atomic E-state index is 13.5. The molecule has 0 bridgehead atoms. The van der Waals surface area contributed by atoms with E-state index in [2.05, 4.69) is 11.4 Å². The van der Waals surface area contributed by atoms with Crippen LogP contribution in [-0.4, -0.2) is 53.7 Å². The van der Waals surface area contributed by atoms with E-state index in [1.54, 1.807) is 41.3 Å². The van der Waals surface area contributed by atoms with Gasteiger partial charge in [-0.2, -0.15) is 5.26 Å². The molecule has 198 valence electrons. The molecule has 1 unspecified atom stereocenters. The first-order valence-corrected chi connectivity index (χ1v) is 12.7. The van der Waals surface area contributed by atoms with E-state index < -0.39 is 29.2 Å². The second-order valence-corrected chi connectivity index (χ2v) is 10.1. The van der Waals surface area contributed by atoms with Crippen LogP contribution in [0.1, 0.15) is 69.2 Å². The van der Waals surface area contributed by atoms with Crippen LogP contribution >= 0.6 is 0 Å². The molecule has 1 fully saturated rings. The Morgan fingerprint density at radius 2 is 1.58 bits per heavy atom. The molecule has 1 aliphatic carbocycles. The number of benzene rings is 2. The first-order chi connectivity index (χ1) is 18.1. The van der Waals surface area contributed by atoms with Gasteiger partial charge in [-0.05, 0) is 85.5 Å². The number of nitrogens with two attached hydrogens (primary N) is 3. The second-order valence-electron chi connectivity index (χ2n) is 10.1. The van der Waals surface area contributed by atoms with Crippen molar-refractivity contribution in [3.05, 3.63) is 69.8 Å². The van der Waals surface area contributed by atoms with E-state index in [9.17, 15) is 24.4 Å². The van der Waals surface area contributed by atoms with Gasteiger partial charge in [0, 0.05) is 23.7 Å². The Bertz CT molecular complexity index is 1280. The van der Waals surface area contributed by atoms with Gasteiger partial charge in [-0.3, -0.25) is 19.2 Å². The number of amides is 4. The van der Waals surface area contributed by atoms with Gasteiger partial charge in [0.25, 0.3) is 0 Å². The summed E-state index contributed by atoms with van der Waals surface area (Å²) in [6, 6.07) is 11.4. The average molecular weight is 517 g/mol. The van der Waals surface area contributed by atoms with Crippen LogP contribution in [0.5, 0.6) is 0 Å². The van der Waals surface area contributed by atoms with Gasteiger partial charge in [0.2, 0.25) is 23.6 Å². The van der Waals surface area contributed by atoms with Crippen LogP contribution in [0.3, 0.4) is 0 Å². The minimum atomic E-state index is -1.31. The van der Waals surface area contributed by atoms with Gasteiger partial charge in [-0.1, -0.05) is 12.1 Å². The van der Waals surface area contributed by atoms with Crippen molar-refractivity contribution in [1.29, 1.82) is 5.26 Å². The summed E-state index contributed by atoms with van der Waals surface area (Å²) in [4.78, 5) is 51.6. The van der Waals surface area contributed by atoms with Crippen molar-refractivity contribution in [2.45, 2.75) is 56.5 Å². The van der Waals surface area contributed by atoms with Crippen molar-refractivity contribution < 1.29 is 19.2 Å². The normalized spacial score (nSPS) is 18.4. The predicted molar refractivity (Wildman–Crippen MR) is 140 cm³/mol. The molecule has 2 aromatic carbocycles. The van der Waals surface area contributed by atoms with Gasteiger partial charge in [0.15, 0.2) is 0 Å². The fourth-order valence-corrected chi connectivity index (χ4v) is 5.83. The summed E-state index contributed by atoms with van der Waals surface area (Å²) >= 11 is 0. The number of likely N-dealkylation sites (tertiary alicyclic amines) is 1. The van der Waals surface area contributed by atoms with Crippen molar-refractivity contribution in [2.24, 2.45) is 17.2 Å². The van der Waals surface area contributed by atoms with Crippen molar-refractivity contribution in [3.63, 3.8) is 0 Å². The molecule has 4 rings (SSSR count). The molecule has 4 amide bonds. The minimum Gasteiger partial charge on any atom is -0.369 e. The van der Waals surface area contributed by atoms with E-state index >= 15 is 0 Å². The monoisotopic (exact) mass is 516 g/mol. The zero-order valence-electron chi connectivity index (χ0n) is 21.3. The van der Waals surface area contributed by atoms with Crippen LogP contribution in [0.4, 0.5) is 0 Å². The standard InChI is InChI=1S/C28H32N6O4/c1-16(33-15-24(35)34-10-2-3-21(34)14-29)13-28(27(32)38)22-8-6-19(25(30)36)11-17(22)4-5-18-12-20(26(31)37)7-9-23(18)28/h6-9,11-12,16,21,33H,2-5,10,13,15H2,1H3,(H2,30,36)(H2,31,37)(H2,32,38)/t16-,21?/m0/s1. The van der Waals surface area contributed by atoms with Gasteiger partial charge in [0.1, 0.15) is 11.5 Å². The SMILES string of the molecule is C[C@@H](CC1(C(N)=O)c2ccc(C(N)=O)cc2CCc2cc(C(N)=O)ccc21)NCC(=O)N1CCCC1C#N. The molecule has 1 heterocycles. The number of carbonyl (C=O) groups is 4. The topological polar surface area (TPSA) is 185 Å². The third-order valence-corrected chi connectivity index (χ3v) is 7.72. The molecule has 0 aromatic heterocycles. The summed E-state index contributed by atoms with van der Waals surface area (Å²) in [7, 11) is 0. The number of aryl methyl sites for hydroxylation is 2. The maximum atomic E-state index is 13.5. The first kappa shape index (κ1) is 26.8. The summed E-state index contributed by atoms with van der Waals surface area (Å²) in [6.45, 7) is 2.42. The van der Waals surface area contributed by atoms with Gasteiger partial charge < -0.3 is 27.4 Å². The molecule has 2 atom stereocenters. The lowest BCUT2D eigenvalue weighted by Crippen LogP contribution is -2.49. The minimum absolute atomic E-state index is 0.00906. The lowest BCUT2D eigenvalue weighted by atomic mass is 9.68. The average Bonchev–Trinajstić information content (AvgIpc) is 3.33. The summed E-state index contributed by atoms with van der Waals surface area (Å²) in [6.07, 6.45) is 2.65. The summed E-state index contributed by atoms with van der Waals surface area (Å²) in [5, 5.41) is 12.5. The van der Waals surface area contributed by atoms with Gasteiger partial charge in [-0.25, -0.2) is 0 Å². The number of hydrogen-bond acceptors (Lipinski definition) is 6. The molecular weight excluding hydrogens is 484 g/mol. The Hall–Kier alpha value is -4.23. The lowest BCUT2D eigenvalue weighted by Gasteiger charge is -2.36. The molecule has 10 heteroatoms. The van der Waals surface area contributed by atoms with E-state index in [4.69, 9.17) is 17.2 Å². The fourth-order valence-electron chi connectivity index (χ4n) is 5.83. The zero-order valence-corrected chi connectivity index (χ0v) is 21.3. The predicted octanol–water partition coefficient (Wildman–Crippen LogP) is 0.637. The third kappa shape index (κ3) is 4.85. The van der Waals surface area contributed by atoms with Crippen LogP contribution in [0, 0.1) is 11.3 Å². The van der Waals surface area contributed by atoms with Crippen LogP contribution in [0.2, 0.25) is 0 Å². The molecule has 7 N–H and O–H groups in total. The zero-order chi connectivity index (χ0) is 27.6. The number of nitriles is 1. The highest BCUT2D eigenvalue weighted by atomic mass is 16.2. The van der Waals surface area contributed by atoms with Crippen LogP contribution in [-0.2, 0) is 27.8 Å². The number of hydrogen-bond donors (Lipinski definition) is 4. The first-order valence-electron chi connectivity index (χ1n) is 12.7. The summed E-state index contributed by atoms with van der Waals surface area (Å²) in [5.74, 6) is -1.93. The van der Waals surface area contributed by atoms with Crippen molar-refractivity contribution in [3.8, 4) is 6.07 Å². The molecule has 38 heavy (non-hydrogen) atoms. The molecule has 1 aliphatic heterocycles. The Balaban J connectivity index is 1.74. The molecule has 0 radical (unpaired) electrons. The Morgan fingerprint density at radius 3 is 2.05 bits per heavy atom. The van der Waals surface area contributed by atoms with Gasteiger partial charge in [0.05, 0.1) is 12.6 Å². The van der Waals surface area contributed by atoms with Gasteiger partial charge in [-0.15, -0.1) is 0 Å². The van der Waals surface area contributed by atoms with Crippen molar-refractivity contribution >= 4 is 23.6 Å². The molecule has 0 saturated carbocycles. The maximum Gasteiger partial charge on any atom is 0.248 e.